The molecule has 1 aromatic rings. The van der Waals surface area contributed by atoms with Crippen molar-refractivity contribution >= 4 is 17.6 Å². The average molecular weight is 278 g/mol. The number of hydrogen-bond donors (Lipinski definition) is 2. The van der Waals surface area contributed by atoms with E-state index in [2.05, 4.69) is 16.4 Å². The van der Waals surface area contributed by atoms with Gasteiger partial charge in [0.15, 0.2) is 5.96 Å². The minimum Gasteiger partial charge on any atom is -0.370 e. The van der Waals surface area contributed by atoms with E-state index in [1.807, 2.05) is 18.2 Å². The SMILES string of the molecule is NC(=NCC1CCC1)N[C@@H]1C[C@H]1c1cccc(Cl)c1. The minimum absolute atomic E-state index is 0.420. The quantitative estimate of drug-likeness (QED) is 0.657. The molecule has 1 aromatic carbocycles. The molecule has 2 aliphatic carbocycles. The molecule has 2 atom stereocenters. The van der Waals surface area contributed by atoms with Gasteiger partial charge in [0.2, 0.25) is 0 Å². The summed E-state index contributed by atoms with van der Waals surface area (Å²) in [6.07, 6.45) is 5.09. The van der Waals surface area contributed by atoms with Crippen LogP contribution in [0.1, 0.15) is 37.2 Å². The Morgan fingerprint density at radius 2 is 2.26 bits per heavy atom. The van der Waals surface area contributed by atoms with Crippen LogP contribution in [0.4, 0.5) is 0 Å². The molecule has 3 N–H and O–H groups in total. The van der Waals surface area contributed by atoms with Crippen molar-refractivity contribution in [2.24, 2.45) is 16.6 Å². The van der Waals surface area contributed by atoms with Crippen molar-refractivity contribution in [3.05, 3.63) is 34.9 Å². The highest BCUT2D eigenvalue weighted by molar-refractivity contribution is 6.30. The number of halogens is 1. The van der Waals surface area contributed by atoms with E-state index in [1.165, 1.54) is 24.8 Å². The van der Waals surface area contributed by atoms with Gasteiger partial charge in [0.05, 0.1) is 0 Å². The second-order valence-electron chi connectivity index (χ2n) is 5.67. The van der Waals surface area contributed by atoms with Gasteiger partial charge in [-0.1, -0.05) is 30.2 Å². The van der Waals surface area contributed by atoms with E-state index in [-0.39, 0.29) is 0 Å². The number of rotatable bonds is 4. The fraction of sp³-hybridized carbons (Fsp3) is 0.533. The smallest absolute Gasteiger partial charge is 0.188 e. The molecule has 4 heteroatoms. The van der Waals surface area contributed by atoms with E-state index >= 15 is 0 Å². The maximum atomic E-state index is 6.01. The highest BCUT2D eigenvalue weighted by Gasteiger charge is 2.38. The van der Waals surface area contributed by atoms with E-state index in [0.717, 1.165) is 23.9 Å². The maximum Gasteiger partial charge on any atom is 0.188 e. The molecule has 0 radical (unpaired) electrons. The Hall–Kier alpha value is -1.22. The number of benzene rings is 1. The molecular formula is C15H20ClN3. The Balaban J connectivity index is 1.49. The molecular weight excluding hydrogens is 258 g/mol. The van der Waals surface area contributed by atoms with Crippen LogP contribution in [0.25, 0.3) is 0 Å². The molecule has 0 aromatic heterocycles. The van der Waals surface area contributed by atoms with Crippen molar-refractivity contribution < 1.29 is 0 Å². The third-order valence-corrected chi connectivity index (χ3v) is 4.38. The highest BCUT2D eigenvalue weighted by Crippen LogP contribution is 2.41. The summed E-state index contributed by atoms with van der Waals surface area (Å²) in [5.74, 6) is 1.89. The van der Waals surface area contributed by atoms with Crippen LogP contribution < -0.4 is 11.1 Å². The monoisotopic (exact) mass is 277 g/mol. The number of aliphatic imine (C=N–C) groups is 1. The zero-order valence-electron chi connectivity index (χ0n) is 11.0. The van der Waals surface area contributed by atoms with Gasteiger partial charge in [0, 0.05) is 23.5 Å². The average Bonchev–Trinajstić information content (AvgIpc) is 3.06. The Kier molecular flexibility index (Phi) is 3.65. The molecule has 2 aliphatic rings. The summed E-state index contributed by atoms with van der Waals surface area (Å²) in [6, 6.07) is 8.49. The van der Waals surface area contributed by atoms with Crippen LogP contribution in [-0.4, -0.2) is 18.5 Å². The van der Waals surface area contributed by atoms with E-state index in [1.54, 1.807) is 0 Å². The number of guanidine groups is 1. The van der Waals surface area contributed by atoms with Crippen LogP contribution in [0, 0.1) is 5.92 Å². The van der Waals surface area contributed by atoms with Gasteiger partial charge in [0.1, 0.15) is 0 Å². The van der Waals surface area contributed by atoms with Crippen molar-refractivity contribution in [2.75, 3.05) is 6.54 Å². The molecule has 3 rings (SSSR count). The number of hydrogen-bond acceptors (Lipinski definition) is 1. The molecule has 0 saturated heterocycles. The first-order valence-corrected chi connectivity index (χ1v) is 7.42. The largest absolute Gasteiger partial charge is 0.370 e. The lowest BCUT2D eigenvalue weighted by Crippen LogP contribution is -2.35. The van der Waals surface area contributed by atoms with Crippen molar-refractivity contribution in [1.29, 1.82) is 0 Å². The number of nitrogens with one attached hydrogen (secondary N) is 1. The van der Waals surface area contributed by atoms with Gasteiger partial charge >= 0.3 is 0 Å². The Bertz CT molecular complexity index is 482. The van der Waals surface area contributed by atoms with Crippen LogP contribution in [0.5, 0.6) is 0 Å². The number of nitrogens with zero attached hydrogens (tertiary/aromatic N) is 1. The molecule has 3 nitrogen and oxygen atoms in total. The summed E-state index contributed by atoms with van der Waals surface area (Å²) in [4.78, 5) is 4.43. The predicted octanol–water partition coefficient (Wildman–Crippen LogP) is 2.90. The zero-order chi connectivity index (χ0) is 13.2. The summed E-state index contributed by atoms with van der Waals surface area (Å²) in [7, 11) is 0. The van der Waals surface area contributed by atoms with Crippen molar-refractivity contribution in [3.63, 3.8) is 0 Å². The first-order valence-electron chi connectivity index (χ1n) is 7.04. The van der Waals surface area contributed by atoms with Gasteiger partial charge < -0.3 is 11.1 Å². The van der Waals surface area contributed by atoms with Gasteiger partial charge in [0.25, 0.3) is 0 Å². The van der Waals surface area contributed by atoms with Crippen LogP contribution in [-0.2, 0) is 0 Å². The van der Waals surface area contributed by atoms with Crippen molar-refractivity contribution in [2.45, 2.75) is 37.6 Å². The Morgan fingerprint density at radius 3 is 2.95 bits per heavy atom. The van der Waals surface area contributed by atoms with E-state index in [4.69, 9.17) is 17.3 Å². The summed E-state index contributed by atoms with van der Waals surface area (Å²) in [5.41, 5.74) is 7.21. The Morgan fingerprint density at radius 1 is 1.42 bits per heavy atom. The Labute approximate surface area is 119 Å². The van der Waals surface area contributed by atoms with Gasteiger partial charge in [-0.25, -0.2) is 0 Å². The number of nitrogens with two attached hydrogens (primary N) is 1. The first kappa shape index (κ1) is 12.8. The van der Waals surface area contributed by atoms with E-state index in [0.29, 0.717) is 17.9 Å². The summed E-state index contributed by atoms with van der Waals surface area (Å²) < 4.78 is 0. The lowest BCUT2D eigenvalue weighted by Gasteiger charge is -2.23. The standard InChI is InChI=1S/C15H20ClN3/c16-12-6-2-5-11(7-12)13-8-14(13)19-15(17)18-9-10-3-1-4-10/h2,5-7,10,13-14H,1,3-4,8-9H2,(H3,17,18,19)/t13-,14+/m0/s1. The molecule has 0 spiro atoms. The minimum atomic E-state index is 0.420. The topological polar surface area (TPSA) is 50.4 Å². The summed E-state index contributed by atoms with van der Waals surface area (Å²) in [6.45, 7) is 0.882. The third kappa shape index (κ3) is 3.21. The van der Waals surface area contributed by atoms with Crippen molar-refractivity contribution in [3.8, 4) is 0 Å². The fourth-order valence-electron chi connectivity index (χ4n) is 2.60. The van der Waals surface area contributed by atoms with Crippen LogP contribution in [0.3, 0.4) is 0 Å². The van der Waals surface area contributed by atoms with E-state index in [9.17, 15) is 0 Å². The van der Waals surface area contributed by atoms with Gasteiger partial charge in [-0.15, -0.1) is 0 Å². The molecule has 0 aliphatic heterocycles. The second-order valence-corrected chi connectivity index (χ2v) is 6.11. The first-order chi connectivity index (χ1) is 9.22. The molecule has 0 unspecified atom stereocenters. The summed E-state index contributed by atoms with van der Waals surface area (Å²) >= 11 is 6.01. The molecule has 0 bridgehead atoms. The molecule has 2 fully saturated rings. The third-order valence-electron chi connectivity index (χ3n) is 4.15. The second kappa shape index (κ2) is 5.41. The van der Waals surface area contributed by atoms with Crippen molar-refractivity contribution in [1.82, 2.24) is 5.32 Å². The summed E-state index contributed by atoms with van der Waals surface area (Å²) in [5, 5.41) is 4.11. The lowest BCUT2D eigenvalue weighted by atomic mass is 9.86. The zero-order valence-corrected chi connectivity index (χ0v) is 11.7. The van der Waals surface area contributed by atoms with Crippen LogP contribution >= 0.6 is 11.6 Å². The molecule has 102 valence electrons. The van der Waals surface area contributed by atoms with E-state index < -0.39 is 0 Å². The molecule has 0 heterocycles. The lowest BCUT2D eigenvalue weighted by molar-refractivity contribution is 0.326. The van der Waals surface area contributed by atoms with Gasteiger partial charge in [-0.05, 0) is 42.9 Å². The molecule has 2 saturated carbocycles. The highest BCUT2D eigenvalue weighted by atomic mass is 35.5. The van der Waals surface area contributed by atoms with Crippen LogP contribution in [0.15, 0.2) is 29.3 Å². The van der Waals surface area contributed by atoms with Gasteiger partial charge in [-0.2, -0.15) is 0 Å². The van der Waals surface area contributed by atoms with Crippen LogP contribution in [0.2, 0.25) is 5.02 Å². The normalized spacial score (nSPS) is 26.9. The maximum absolute atomic E-state index is 6.01. The molecule has 0 amide bonds. The fourth-order valence-corrected chi connectivity index (χ4v) is 2.80. The molecule has 19 heavy (non-hydrogen) atoms. The van der Waals surface area contributed by atoms with Gasteiger partial charge in [-0.3, -0.25) is 4.99 Å². The predicted molar refractivity (Wildman–Crippen MR) is 79.6 cm³/mol.